The molecule has 0 aromatic heterocycles. The second-order valence-electron chi connectivity index (χ2n) is 5.81. The third kappa shape index (κ3) is 3.96. The molecule has 0 aliphatic heterocycles. The summed E-state index contributed by atoms with van der Waals surface area (Å²) in [5.41, 5.74) is 7.37. The average molecular weight is 296 g/mol. The van der Waals surface area contributed by atoms with E-state index >= 15 is 0 Å². The number of nitrogens with zero attached hydrogens (tertiary/aromatic N) is 1. The number of anilines is 1. The highest BCUT2D eigenvalue weighted by Gasteiger charge is 2.37. The Morgan fingerprint density at radius 1 is 1.30 bits per heavy atom. The lowest BCUT2D eigenvalue weighted by molar-refractivity contribution is 0.393. The molecule has 1 saturated carbocycles. The Bertz CT molecular complexity index is 535. The molecule has 0 saturated heterocycles. The highest BCUT2D eigenvalue weighted by atomic mass is 32.2. The van der Waals surface area contributed by atoms with Crippen molar-refractivity contribution < 1.29 is 8.42 Å². The molecule has 0 radical (unpaired) electrons. The minimum absolute atomic E-state index is 0.196. The fourth-order valence-electron chi connectivity index (χ4n) is 2.19. The zero-order chi connectivity index (χ0) is 14.8. The first-order valence-electron chi connectivity index (χ1n) is 7.26. The molecule has 0 spiro atoms. The van der Waals surface area contributed by atoms with Gasteiger partial charge < -0.3 is 5.73 Å². The lowest BCUT2D eigenvalue weighted by Crippen LogP contribution is -2.36. The molecule has 1 aromatic carbocycles. The number of benzene rings is 1. The maximum absolute atomic E-state index is 12.6. The summed E-state index contributed by atoms with van der Waals surface area (Å²) in [7, 11) is -3.18. The summed E-state index contributed by atoms with van der Waals surface area (Å²) in [6, 6.07) is 7.65. The minimum Gasteiger partial charge on any atom is -0.399 e. The van der Waals surface area contributed by atoms with E-state index in [2.05, 4.69) is 0 Å². The van der Waals surface area contributed by atoms with Gasteiger partial charge in [-0.3, -0.25) is 0 Å². The standard InChI is InChI=1S/C15H24N2O2S/c1-3-12(2)11-20(18,19)17(15-8-9-15)10-13-4-6-14(16)7-5-13/h4-7,12,15H,3,8-11,16H2,1-2H3. The first kappa shape index (κ1) is 15.3. The van der Waals surface area contributed by atoms with E-state index < -0.39 is 10.0 Å². The summed E-state index contributed by atoms with van der Waals surface area (Å²) in [4.78, 5) is 0. The number of rotatable bonds is 7. The predicted octanol–water partition coefficient (Wildman–Crippen LogP) is 2.61. The summed E-state index contributed by atoms with van der Waals surface area (Å²) >= 11 is 0. The van der Waals surface area contributed by atoms with Crippen LogP contribution in [0.4, 0.5) is 5.69 Å². The van der Waals surface area contributed by atoms with Crippen LogP contribution in [-0.2, 0) is 16.6 Å². The predicted molar refractivity (Wildman–Crippen MR) is 82.7 cm³/mol. The van der Waals surface area contributed by atoms with Gasteiger partial charge in [0.05, 0.1) is 5.75 Å². The normalized spacial score (nSPS) is 17.4. The third-order valence-corrected chi connectivity index (χ3v) is 5.95. The molecule has 1 unspecified atom stereocenters. The van der Waals surface area contributed by atoms with E-state index in [0.29, 0.717) is 12.2 Å². The van der Waals surface area contributed by atoms with Crippen LogP contribution in [0.5, 0.6) is 0 Å². The molecule has 20 heavy (non-hydrogen) atoms. The fraction of sp³-hybridized carbons (Fsp3) is 0.600. The van der Waals surface area contributed by atoms with Crippen LogP contribution < -0.4 is 5.73 Å². The monoisotopic (exact) mass is 296 g/mol. The van der Waals surface area contributed by atoms with E-state index in [-0.39, 0.29) is 17.7 Å². The summed E-state index contributed by atoms with van der Waals surface area (Å²) in [6.45, 7) is 4.48. The molecule has 2 N–H and O–H groups in total. The largest absolute Gasteiger partial charge is 0.399 e. The molecule has 1 fully saturated rings. The molecule has 0 bridgehead atoms. The lowest BCUT2D eigenvalue weighted by Gasteiger charge is -2.23. The van der Waals surface area contributed by atoms with Crippen LogP contribution in [0.2, 0.25) is 0 Å². The molecular weight excluding hydrogens is 272 g/mol. The molecule has 1 aliphatic rings. The molecule has 2 rings (SSSR count). The quantitative estimate of drug-likeness (QED) is 0.787. The van der Waals surface area contributed by atoms with Gasteiger partial charge in [0, 0.05) is 18.3 Å². The Labute approximate surface area is 122 Å². The second kappa shape index (κ2) is 6.14. The van der Waals surface area contributed by atoms with E-state index in [9.17, 15) is 8.42 Å². The van der Waals surface area contributed by atoms with E-state index in [4.69, 9.17) is 5.73 Å². The maximum atomic E-state index is 12.6. The zero-order valence-electron chi connectivity index (χ0n) is 12.2. The Kier molecular flexibility index (Phi) is 4.70. The number of hydrogen-bond donors (Lipinski definition) is 1. The van der Waals surface area contributed by atoms with E-state index in [1.54, 1.807) is 4.31 Å². The zero-order valence-corrected chi connectivity index (χ0v) is 13.1. The van der Waals surface area contributed by atoms with E-state index in [0.717, 1.165) is 24.8 Å². The summed E-state index contributed by atoms with van der Waals surface area (Å²) in [5, 5.41) is 0. The van der Waals surface area contributed by atoms with Crippen molar-refractivity contribution in [2.75, 3.05) is 11.5 Å². The number of hydrogen-bond acceptors (Lipinski definition) is 3. The average Bonchev–Trinajstić information content (AvgIpc) is 3.21. The second-order valence-corrected chi connectivity index (χ2v) is 7.78. The van der Waals surface area contributed by atoms with Gasteiger partial charge in [0.15, 0.2) is 0 Å². The van der Waals surface area contributed by atoms with Crippen molar-refractivity contribution >= 4 is 15.7 Å². The Hall–Kier alpha value is -1.07. The number of nitrogens with two attached hydrogens (primary N) is 1. The van der Waals surface area contributed by atoms with Gasteiger partial charge >= 0.3 is 0 Å². The highest BCUT2D eigenvalue weighted by molar-refractivity contribution is 7.89. The van der Waals surface area contributed by atoms with E-state index in [1.165, 1.54) is 0 Å². The first-order chi connectivity index (χ1) is 9.42. The van der Waals surface area contributed by atoms with Crippen molar-refractivity contribution in [1.82, 2.24) is 4.31 Å². The summed E-state index contributed by atoms with van der Waals surface area (Å²) < 4.78 is 26.8. The maximum Gasteiger partial charge on any atom is 0.214 e. The van der Waals surface area contributed by atoms with Crippen molar-refractivity contribution in [3.05, 3.63) is 29.8 Å². The van der Waals surface area contributed by atoms with Gasteiger partial charge in [-0.25, -0.2) is 8.42 Å². The SMILES string of the molecule is CCC(C)CS(=O)(=O)N(Cc1ccc(N)cc1)C1CC1. The van der Waals surface area contributed by atoms with Gasteiger partial charge in [-0.2, -0.15) is 4.31 Å². The van der Waals surface area contributed by atoms with Crippen LogP contribution in [0.1, 0.15) is 38.7 Å². The van der Waals surface area contributed by atoms with E-state index in [1.807, 2.05) is 38.1 Å². The van der Waals surface area contributed by atoms with Crippen molar-refractivity contribution in [2.24, 2.45) is 5.92 Å². The molecular formula is C15H24N2O2S. The fourth-order valence-corrected chi connectivity index (χ4v) is 4.35. The molecule has 1 aromatic rings. The minimum atomic E-state index is -3.18. The number of nitrogen functional groups attached to an aromatic ring is 1. The lowest BCUT2D eigenvalue weighted by atomic mass is 10.2. The molecule has 4 nitrogen and oxygen atoms in total. The molecule has 0 amide bonds. The van der Waals surface area contributed by atoms with Crippen LogP contribution in [0.15, 0.2) is 24.3 Å². The molecule has 0 heterocycles. The van der Waals surface area contributed by atoms with Crippen LogP contribution in [0, 0.1) is 5.92 Å². The number of sulfonamides is 1. The smallest absolute Gasteiger partial charge is 0.214 e. The third-order valence-electron chi connectivity index (χ3n) is 3.82. The van der Waals surface area contributed by atoms with Crippen LogP contribution in [0.3, 0.4) is 0 Å². The van der Waals surface area contributed by atoms with Gasteiger partial charge in [-0.1, -0.05) is 32.4 Å². The van der Waals surface area contributed by atoms with Gasteiger partial charge in [0.1, 0.15) is 0 Å². The van der Waals surface area contributed by atoms with Crippen molar-refractivity contribution in [1.29, 1.82) is 0 Å². The van der Waals surface area contributed by atoms with Crippen molar-refractivity contribution in [3.63, 3.8) is 0 Å². The molecule has 5 heteroatoms. The van der Waals surface area contributed by atoms with Crippen molar-refractivity contribution in [3.8, 4) is 0 Å². The Balaban J connectivity index is 2.13. The van der Waals surface area contributed by atoms with Gasteiger partial charge in [-0.15, -0.1) is 0 Å². The first-order valence-corrected chi connectivity index (χ1v) is 8.87. The highest BCUT2D eigenvalue weighted by Crippen LogP contribution is 2.31. The van der Waals surface area contributed by atoms with Crippen LogP contribution >= 0.6 is 0 Å². The van der Waals surface area contributed by atoms with Crippen LogP contribution in [-0.4, -0.2) is 24.5 Å². The molecule has 1 aliphatic carbocycles. The summed E-state index contributed by atoms with van der Waals surface area (Å²) in [6.07, 6.45) is 2.85. The molecule has 1 atom stereocenters. The Morgan fingerprint density at radius 3 is 2.40 bits per heavy atom. The Morgan fingerprint density at radius 2 is 1.90 bits per heavy atom. The van der Waals surface area contributed by atoms with Gasteiger partial charge in [0.25, 0.3) is 0 Å². The van der Waals surface area contributed by atoms with Crippen molar-refractivity contribution in [2.45, 2.75) is 45.7 Å². The van der Waals surface area contributed by atoms with Gasteiger partial charge in [0.2, 0.25) is 10.0 Å². The van der Waals surface area contributed by atoms with Crippen LogP contribution in [0.25, 0.3) is 0 Å². The topological polar surface area (TPSA) is 63.4 Å². The van der Waals surface area contributed by atoms with Gasteiger partial charge in [-0.05, 0) is 36.5 Å². The summed E-state index contributed by atoms with van der Waals surface area (Å²) in [5.74, 6) is 0.447. The molecule has 112 valence electrons.